The van der Waals surface area contributed by atoms with Crippen molar-refractivity contribution in [3.63, 3.8) is 0 Å². The lowest BCUT2D eigenvalue weighted by atomic mass is 10.1. The van der Waals surface area contributed by atoms with Gasteiger partial charge in [0.1, 0.15) is 11.5 Å². The predicted octanol–water partition coefficient (Wildman–Crippen LogP) is 3.42. The van der Waals surface area contributed by atoms with Crippen LogP contribution < -0.4 is 10.1 Å². The fourth-order valence-electron chi connectivity index (χ4n) is 2.42. The number of carboxylic acids is 1. The molecule has 0 saturated carbocycles. The molecule has 1 atom stereocenters. The zero-order valence-corrected chi connectivity index (χ0v) is 15.1. The summed E-state index contributed by atoms with van der Waals surface area (Å²) in [6.45, 7) is 0. The third-order valence-corrected chi connectivity index (χ3v) is 4.61. The summed E-state index contributed by atoms with van der Waals surface area (Å²) in [5.41, 5.74) is 1.64. The minimum atomic E-state index is -0.875. The Labute approximate surface area is 160 Å². The number of carbonyl (C=O) groups is 3. The number of hydrogen-bond donors (Lipinski definition) is 2. The molecule has 3 rings (SSSR count). The number of halogens is 1. The molecule has 2 aromatic rings. The highest BCUT2D eigenvalue weighted by atomic mass is 35.5. The first kappa shape index (κ1) is 19.8. The smallest absolute Gasteiger partial charge is 0.307 e. The standard InChI is InChI=1S/C18H15NO5S.ClH/c20-16(21)10-12-3-7-14(8-4-12)24-13-5-1-11(2-6-13)9-15-17(22)19-18(23)25-15;/h1-8,15H,9-10H2,(H,20,21)(H,19,22,23);1H. The summed E-state index contributed by atoms with van der Waals surface area (Å²) >= 11 is 1.01. The molecule has 1 fully saturated rings. The van der Waals surface area contributed by atoms with E-state index < -0.39 is 5.97 Å². The van der Waals surface area contributed by atoms with Crippen molar-refractivity contribution in [3.8, 4) is 11.5 Å². The lowest BCUT2D eigenvalue weighted by Gasteiger charge is -2.09. The van der Waals surface area contributed by atoms with Gasteiger partial charge in [-0.25, -0.2) is 0 Å². The van der Waals surface area contributed by atoms with Crippen molar-refractivity contribution in [2.45, 2.75) is 18.1 Å². The number of thioether (sulfide) groups is 1. The highest BCUT2D eigenvalue weighted by Crippen LogP contribution is 2.26. The van der Waals surface area contributed by atoms with E-state index in [0.717, 1.165) is 17.3 Å². The maximum atomic E-state index is 11.6. The number of aliphatic carboxylic acids is 1. The third kappa shape index (κ3) is 5.24. The van der Waals surface area contributed by atoms with E-state index in [9.17, 15) is 14.4 Å². The van der Waals surface area contributed by atoms with Crippen LogP contribution in [0.15, 0.2) is 48.5 Å². The maximum absolute atomic E-state index is 11.6. The van der Waals surface area contributed by atoms with Crippen LogP contribution in [0.3, 0.4) is 0 Å². The van der Waals surface area contributed by atoms with Crippen LogP contribution in [0.5, 0.6) is 11.5 Å². The summed E-state index contributed by atoms with van der Waals surface area (Å²) in [7, 11) is 0. The third-order valence-electron chi connectivity index (χ3n) is 3.63. The number of carboxylic acid groups (broad SMARTS) is 1. The topological polar surface area (TPSA) is 92.7 Å². The van der Waals surface area contributed by atoms with Gasteiger partial charge in [-0.15, -0.1) is 12.4 Å². The molecule has 1 aliphatic rings. The van der Waals surface area contributed by atoms with Gasteiger partial charge in [-0.1, -0.05) is 36.0 Å². The fraction of sp³-hybridized carbons (Fsp3) is 0.167. The van der Waals surface area contributed by atoms with E-state index in [4.69, 9.17) is 9.84 Å². The van der Waals surface area contributed by atoms with Gasteiger partial charge in [0.2, 0.25) is 5.91 Å². The highest BCUT2D eigenvalue weighted by Gasteiger charge is 2.31. The van der Waals surface area contributed by atoms with Gasteiger partial charge in [-0.3, -0.25) is 19.7 Å². The lowest BCUT2D eigenvalue weighted by molar-refractivity contribution is -0.136. The average Bonchev–Trinajstić information content (AvgIpc) is 2.88. The minimum absolute atomic E-state index is 0. The lowest BCUT2D eigenvalue weighted by Crippen LogP contribution is -2.25. The number of nitrogens with one attached hydrogen (secondary N) is 1. The van der Waals surface area contributed by atoms with E-state index in [1.807, 2.05) is 12.1 Å². The number of ether oxygens (including phenoxy) is 1. The Morgan fingerprint density at radius 1 is 1.00 bits per heavy atom. The zero-order chi connectivity index (χ0) is 17.8. The van der Waals surface area contributed by atoms with Gasteiger partial charge in [-0.05, 0) is 41.8 Å². The van der Waals surface area contributed by atoms with Gasteiger partial charge in [0.05, 0.1) is 11.7 Å². The van der Waals surface area contributed by atoms with Crippen LogP contribution in [-0.4, -0.2) is 27.5 Å². The molecular formula is C18H16ClNO5S. The molecule has 1 aliphatic heterocycles. The van der Waals surface area contributed by atoms with Crippen LogP contribution in [0, 0.1) is 0 Å². The van der Waals surface area contributed by atoms with Crippen LogP contribution in [0.25, 0.3) is 0 Å². The average molecular weight is 394 g/mol. The summed E-state index contributed by atoms with van der Waals surface area (Å²) in [6.07, 6.45) is 0.455. The summed E-state index contributed by atoms with van der Waals surface area (Å²) < 4.78 is 5.72. The maximum Gasteiger partial charge on any atom is 0.307 e. The molecule has 2 N–H and O–H groups in total. The van der Waals surface area contributed by atoms with E-state index in [1.54, 1.807) is 36.4 Å². The van der Waals surface area contributed by atoms with Crippen LogP contribution in [0.2, 0.25) is 0 Å². The van der Waals surface area contributed by atoms with Crippen molar-refractivity contribution < 1.29 is 24.2 Å². The Kier molecular flexibility index (Phi) is 6.65. The minimum Gasteiger partial charge on any atom is -0.481 e. The number of carbonyl (C=O) groups excluding carboxylic acids is 2. The van der Waals surface area contributed by atoms with Crippen molar-refractivity contribution in [1.82, 2.24) is 5.32 Å². The van der Waals surface area contributed by atoms with E-state index >= 15 is 0 Å². The van der Waals surface area contributed by atoms with Gasteiger partial charge in [0.25, 0.3) is 5.24 Å². The predicted molar refractivity (Wildman–Crippen MR) is 100 cm³/mol. The Morgan fingerprint density at radius 3 is 2.00 bits per heavy atom. The van der Waals surface area contributed by atoms with Crippen LogP contribution in [-0.2, 0) is 22.4 Å². The van der Waals surface area contributed by atoms with Gasteiger partial charge in [-0.2, -0.15) is 0 Å². The molecule has 1 saturated heterocycles. The Bertz CT molecular complexity index is 807. The van der Waals surface area contributed by atoms with E-state index in [-0.39, 0.29) is 35.2 Å². The SMILES string of the molecule is Cl.O=C(O)Cc1ccc(Oc2ccc(CC3SC(=O)NC3=O)cc2)cc1. The highest BCUT2D eigenvalue weighted by molar-refractivity contribution is 8.15. The van der Waals surface area contributed by atoms with E-state index in [2.05, 4.69) is 5.32 Å². The summed E-state index contributed by atoms with van der Waals surface area (Å²) in [4.78, 5) is 33.4. The van der Waals surface area contributed by atoms with Crippen molar-refractivity contribution in [3.05, 3.63) is 59.7 Å². The van der Waals surface area contributed by atoms with Crippen molar-refractivity contribution >= 4 is 41.3 Å². The quantitative estimate of drug-likeness (QED) is 0.781. The van der Waals surface area contributed by atoms with Crippen molar-refractivity contribution in [2.24, 2.45) is 0 Å². The molecule has 26 heavy (non-hydrogen) atoms. The molecular weight excluding hydrogens is 378 g/mol. The first-order valence-corrected chi connectivity index (χ1v) is 8.46. The van der Waals surface area contributed by atoms with E-state index in [0.29, 0.717) is 23.5 Å². The molecule has 0 bridgehead atoms. The second kappa shape index (κ2) is 8.73. The molecule has 0 spiro atoms. The van der Waals surface area contributed by atoms with E-state index in [1.165, 1.54) is 0 Å². The molecule has 6 nitrogen and oxygen atoms in total. The number of rotatable bonds is 6. The largest absolute Gasteiger partial charge is 0.481 e. The monoisotopic (exact) mass is 393 g/mol. The van der Waals surface area contributed by atoms with Crippen LogP contribution in [0.1, 0.15) is 11.1 Å². The number of benzene rings is 2. The summed E-state index contributed by atoms with van der Waals surface area (Å²) in [6, 6.07) is 14.2. The normalized spacial score (nSPS) is 15.9. The second-order valence-corrected chi connectivity index (χ2v) is 6.72. The van der Waals surface area contributed by atoms with Gasteiger partial charge >= 0.3 is 5.97 Å². The second-order valence-electron chi connectivity index (χ2n) is 5.55. The number of amides is 2. The Morgan fingerprint density at radius 2 is 1.54 bits per heavy atom. The molecule has 1 unspecified atom stereocenters. The molecule has 0 aromatic heterocycles. The fourth-order valence-corrected chi connectivity index (χ4v) is 3.28. The van der Waals surface area contributed by atoms with Gasteiger partial charge < -0.3 is 9.84 Å². The first-order chi connectivity index (χ1) is 12.0. The Hall–Kier alpha value is -2.51. The molecule has 0 radical (unpaired) electrons. The zero-order valence-electron chi connectivity index (χ0n) is 13.5. The Balaban J connectivity index is 0.00000243. The van der Waals surface area contributed by atoms with Crippen molar-refractivity contribution in [1.29, 1.82) is 0 Å². The molecule has 1 heterocycles. The molecule has 0 aliphatic carbocycles. The number of imide groups is 1. The van der Waals surface area contributed by atoms with Crippen LogP contribution >= 0.6 is 24.2 Å². The summed E-state index contributed by atoms with van der Waals surface area (Å²) in [5.74, 6) is 0.115. The molecule has 8 heteroatoms. The molecule has 136 valence electrons. The van der Waals surface area contributed by atoms with Gasteiger partial charge in [0, 0.05) is 0 Å². The molecule has 2 aromatic carbocycles. The first-order valence-electron chi connectivity index (χ1n) is 7.58. The van der Waals surface area contributed by atoms with Crippen molar-refractivity contribution in [2.75, 3.05) is 0 Å². The van der Waals surface area contributed by atoms with Gasteiger partial charge in [0.15, 0.2) is 0 Å². The summed E-state index contributed by atoms with van der Waals surface area (Å²) in [5, 5.41) is 10.3. The number of hydrogen-bond acceptors (Lipinski definition) is 5. The molecule has 2 amide bonds. The van der Waals surface area contributed by atoms with Crippen LogP contribution in [0.4, 0.5) is 4.79 Å².